The van der Waals surface area contributed by atoms with E-state index >= 15 is 0 Å². The lowest BCUT2D eigenvalue weighted by molar-refractivity contribution is 0.112. The highest BCUT2D eigenvalue weighted by Crippen LogP contribution is 2.27. The smallest absolute Gasteiger partial charge is 0.271 e. The zero-order valence-electron chi connectivity index (χ0n) is 10.9. The predicted molar refractivity (Wildman–Crippen MR) is 75.4 cm³/mol. The molecule has 0 aromatic carbocycles. The molecule has 0 aromatic heterocycles. The Morgan fingerprint density at radius 1 is 1.07 bits per heavy atom. The second-order valence-electron chi connectivity index (χ2n) is 5.50. The summed E-state index contributed by atoms with van der Waals surface area (Å²) < 4.78 is 12.7. The maximum absolute atomic E-state index is 5.95. The minimum atomic E-state index is -1.59. The lowest BCUT2D eigenvalue weighted by atomic mass is 10.8. The summed E-state index contributed by atoms with van der Waals surface area (Å²) in [5.41, 5.74) is 0. The number of ether oxygens (including phenoxy) is 1. The molecule has 0 unspecified atom stereocenters. The molecule has 0 spiro atoms. The maximum Gasteiger partial charge on any atom is 0.271 e. The van der Waals surface area contributed by atoms with Gasteiger partial charge in [0, 0.05) is 0 Å². The van der Waals surface area contributed by atoms with Crippen LogP contribution in [0.1, 0.15) is 6.92 Å². The standard InChI is InChI=1S/C10H23BrO2Si2/c1-8-12-10(13-15(5,6)7)9(11)14(2,3)4/h8H2,1-7H3/b10-9-. The average molecular weight is 311 g/mol. The number of hydrogen-bond acceptors (Lipinski definition) is 2. The molecule has 0 bridgehead atoms. The van der Waals surface area contributed by atoms with Crippen molar-refractivity contribution < 1.29 is 9.16 Å². The molecule has 0 heterocycles. The molecule has 0 aromatic rings. The first kappa shape index (κ1) is 15.3. The first-order chi connectivity index (χ1) is 6.58. The van der Waals surface area contributed by atoms with Gasteiger partial charge in [-0.25, -0.2) is 0 Å². The van der Waals surface area contributed by atoms with Crippen molar-refractivity contribution in [1.29, 1.82) is 0 Å². The molecule has 0 atom stereocenters. The third kappa shape index (κ3) is 6.42. The molecular weight excluding hydrogens is 288 g/mol. The summed E-state index contributed by atoms with van der Waals surface area (Å²) in [7, 11) is -2.98. The molecule has 0 saturated heterocycles. The van der Waals surface area contributed by atoms with Crippen LogP contribution in [0.2, 0.25) is 39.3 Å². The highest BCUT2D eigenvalue weighted by molar-refractivity contribution is 9.12. The van der Waals surface area contributed by atoms with Gasteiger partial charge in [-0.2, -0.15) is 0 Å². The molecule has 0 aliphatic heterocycles. The molecule has 5 heteroatoms. The van der Waals surface area contributed by atoms with E-state index in [0.29, 0.717) is 6.61 Å². The Morgan fingerprint density at radius 3 is 1.80 bits per heavy atom. The normalized spacial score (nSPS) is 14.7. The minimum absolute atomic E-state index is 0.652. The van der Waals surface area contributed by atoms with Crippen molar-refractivity contribution in [3.05, 3.63) is 10.1 Å². The van der Waals surface area contributed by atoms with Crippen molar-refractivity contribution in [2.24, 2.45) is 0 Å². The fourth-order valence-corrected chi connectivity index (χ4v) is 2.75. The molecule has 0 fully saturated rings. The van der Waals surface area contributed by atoms with Crippen LogP contribution >= 0.6 is 15.9 Å². The van der Waals surface area contributed by atoms with Crippen LogP contribution in [0.3, 0.4) is 0 Å². The van der Waals surface area contributed by atoms with E-state index in [-0.39, 0.29) is 0 Å². The largest absolute Gasteiger partial charge is 0.519 e. The van der Waals surface area contributed by atoms with E-state index in [1.165, 1.54) is 0 Å². The molecule has 0 rings (SSSR count). The van der Waals surface area contributed by atoms with Crippen molar-refractivity contribution in [3.63, 3.8) is 0 Å². The fourth-order valence-electron chi connectivity index (χ4n) is 0.853. The Kier molecular flexibility index (Phi) is 5.64. The first-order valence-corrected chi connectivity index (χ1v) is 13.0. The van der Waals surface area contributed by atoms with Crippen molar-refractivity contribution in [1.82, 2.24) is 0 Å². The van der Waals surface area contributed by atoms with Crippen LogP contribution in [0.5, 0.6) is 0 Å². The monoisotopic (exact) mass is 310 g/mol. The topological polar surface area (TPSA) is 18.5 Å². The van der Waals surface area contributed by atoms with Gasteiger partial charge in [0.1, 0.15) is 0 Å². The third-order valence-electron chi connectivity index (χ3n) is 1.51. The van der Waals surface area contributed by atoms with Crippen LogP contribution in [-0.2, 0) is 9.16 Å². The Hall–Kier alpha value is 0.254. The van der Waals surface area contributed by atoms with Crippen molar-refractivity contribution in [2.45, 2.75) is 46.2 Å². The van der Waals surface area contributed by atoms with Crippen LogP contribution in [0.4, 0.5) is 0 Å². The van der Waals surface area contributed by atoms with E-state index in [4.69, 9.17) is 9.16 Å². The minimum Gasteiger partial charge on any atom is -0.519 e. The Labute approximate surface area is 104 Å². The lowest BCUT2D eigenvalue weighted by Gasteiger charge is -2.26. The van der Waals surface area contributed by atoms with Crippen LogP contribution in [0.25, 0.3) is 0 Å². The predicted octanol–water partition coefficient (Wildman–Crippen LogP) is 4.32. The molecule has 0 aliphatic rings. The van der Waals surface area contributed by atoms with Crippen molar-refractivity contribution >= 4 is 32.3 Å². The highest BCUT2D eigenvalue weighted by atomic mass is 79.9. The molecule has 0 radical (unpaired) electrons. The summed E-state index contributed by atoms with van der Waals surface area (Å²) in [6.07, 6.45) is 0. The summed E-state index contributed by atoms with van der Waals surface area (Å²) in [6, 6.07) is 0. The quantitative estimate of drug-likeness (QED) is 0.556. The average Bonchev–Trinajstić information content (AvgIpc) is 1.98. The molecule has 0 amide bonds. The van der Waals surface area contributed by atoms with E-state index in [1.807, 2.05) is 6.92 Å². The van der Waals surface area contributed by atoms with E-state index in [1.54, 1.807) is 0 Å². The van der Waals surface area contributed by atoms with E-state index in [0.717, 1.165) is 10.1 Å². The Bertz CT molecular complexity index is 239. The van der Waals surface area contributed by atoms with Crippen LogP contribution < -0.4 is 0 Å². The van der Waals surface area contributed by atoms with Crippen LogP contribution in [0.15, 0.2) is 10.1 Å². The number of hydrogen-bond donors (Lipinski definition) is 0. The first-order valence-electron chi connectivity index (χ1n) is 5.30. The van der Waals surface area contributed by atoms with E-state index in [2.05, 4.69) is 55.2 Å². The van der Waals surface area contributed by atoms with Crippen LogP contribution in [-0.4, -0.2) is 23.0 Å². The van der Waals surface area contributed by atoms with Gasteiger partial charge in [-0.15, -0.1) is 0 Å². The SMILES string of the molecule is CCO/C(O[Si](C)(C)C)=C(\Br)[Si](C)(C)C. The molecule has 0 N–H and O–H groups in total. The van der Waals surface area contributed by atoms with E-state index in [9.17, 15) is 0 Å². The molecule has 0 aliphatic carbocycles. The van der Waals surface area contributed by atoms with Gasteiger partial charge in [0.15, 0.2) is 0 Å². The summed E-state index contributed by atoms with van der Waals surface area (Å²) in [5, 5.41) is 0. The zero-order chi connectivity index (χ0) is 12.3. The van der Waals surface area contributed by atoms with Gasteiger partial charge >= 0.3 is 0 Å². The second-order valence-corrected chi connectivity index (χ2v) is 16.5. The van der Waals surface area contributed by atoms with Crippen molar-refractivity contribution in [3.8, 4) is 0 Å². The molecular formula is C10H23BrO2Si2. The summed E-state index contributed by atoms with van der Waals surface area (Å²) in [5.74, 6) is 0.718. The Balaban J connectivity index is 4.95. The lowest BCUT2D eigenvalue weighted by Crippen LogP contribution is -2.30. The summed E-state index contributed by atoms with van der Waals surface area (Å²) in [4.78, 5) is 0. The summed E-state index contributed by atoms with van der Waals surface area (Å²) in [6.45, 7) is 15.9. The van der Waals surface area contributed by atoms with Gasteiger partial charge in [0.05, 0.1) is 18.8 Å². The molecule has 15 heavy (non-hydrogen) atoms. The van der Waals surface area contributed by atoms with Gasteiger partial charge < -0.3 is 9.16 Å². The Morgan fingerprint density at radius 2 is 1.53 bits per heavy atom. The van der Waals surface area contributed by atoms with Gasteiger partial charge in [0.25, 0.3) is 5.95 Å². The zero-order valence-corrected chi connectivity index (χ0v) is 14.5. The maximum atomic E-state index is 5.95. The molecule has 2 nitrogen and oxygen atoms in total. The van der Waals surface area contributed by atoms with Gasteiger partial charge in [0.2, 0.25) is 8.32 Å². The molecule has 90 valence electrons. The van der Waals surface area contributed by atoms with Gasteiger partial charge in [-0.05, 0) is 26.6 Å². The molecule has 0 saturated carbocycles. The fraction of sp³-hybridized carbons (Fsp3) is 0.800. The third-order valence-corrected chi connectivity index (χ3v) is 7.72. The van der Waals surface area contributed by atoms with Gasteiger partial charge in [-0.3, -0.25) is 0 Å². The second kappa shape index (κ2) is 5.54. The number of halogens is 1. The summed E-state index contributed by atoms with van der Waals surface area (Å²) >= 11 is 3.63. The van der Waals surface area contributed by atoms with Crippen LogP contribution in [0, 0.1) is 0 Å². The highest BCUT2D eigenvalue weighted by Gasteiger charge is 2.27. The van der Waals surface area contributed by atoms with E-state index < -0.39 is 16.4 Å². The van der Waals surface area contributed by atoms with Crippen molar-refractivity contribution in [2.75, 3.05) is 6.61 Å². The van der Waals surface area contributed by atoms with Gasteiger partial charge in [-0.1, -0.05) is 35.6 Å². The number of rotatable bonds is 5.